The van der Waals surface area contributed by atoms with E-state index >= 15 is 0 Å². The highest BCUT2D eigenvalue weighted by molar-refractivity contribution is 5.73. The number of piperidine rings is 1. The number of rotatable bonds is 3. The Labute approximate surface area is 104 Å². The summed E-state index contributed by atoms with van der Waals surface area (Å²) in [6.07, 6.45) is 7.11. The van der Waals surface area contributed by atoms with Crippen molar-refractivity contribution in [3.05, 3.63) is 0 Å². The van der Waals surface area contributed by atoms with Crippen LogP contribution in [0.1, 0.15) is 52.4 Å². The predicted molar refractivity (Wildman–Crippen MR) is 67.9 cm³/mol. The lowest BCUT2D eigenvalue weighted by molar-refractivity contribution is -0.148. The first-order valence-corrected chi connectivity index (χ1v) is 7.08. The summed E-state index contributed by atoms with van der Waals surface area (Å²) in [5.41, 5.74) is 0. The normalized spacial score (nSPS) is 34.6. The molecule has 3 atom stereocenters. The van der Waals surface area contributed by atoms with Gasteiger partial charge in [0, 0.05) is 12.6 Å². The SMILES string of the molecule is CC(C)CN1C(C(=O)O)CCC2CCCCC21. The molecule has 0 radical (unpaired) electrons. The van der Waals surface area contributed by atoms with Gasteiger partial charge in [0.05, 0.1) is 0 Å². The van der Waals surface area contributed by atoms with E-state index in [1.807, 2.05) is 0 Å². The Hall–Kier alpha value is -0.570. The van der Waals surface area contributed by atoms with Crippen LogP contribution in [-0.2, 0) is 4.79 Å². The molecule has 1 saturated carbocycles. The average Bonchev–Trinajstić information content (AvgIpc) is 2.28. The van der Waals surface area contributed by atoms with Crippen molar-refractivity contribution in [3.63, 3.8) is 0 Å². The van der Waals surface area contributed by atoms with Crippen LogP contribution >= 0.6 is 0 Å². The van der Waals surface area contributed by atoms with E-state index in [2.05, 4.69) is 18.7 Å². The molecule has 3 nitrogen and oxygen atoms in total. The molecule has 2 rings (SSSR count). The van der Waals surface area contributed by atoms with Crippen molar-refractivity contribution >= 4 is 5.97 Å². The zero-order valence-electron chi connectivity index (χ0n) is 11.1. The number of nitrogens with zero attached hydrogens (tertiary/aromatic N) is 1. The third-order valence-electron chi connectivity index (χ3n) is 4.37. The quantitative estimate of drug-likeness (QED) is 0.823. The Morgan fingerprint density at radius 2 is 1.94 bits per heavy atom. The molecule has 3 heteroatoms. The number of hydrogen-bond acceptors (Lipinski definition) is 2. The number of carbonyl (C=O) groups is 1. The molecule has 0 aromatic carbocycles. The van der Waals surface area contributed by atoms with E-state index in [1.54, 1.807) is 0 Å². The second-order valence-electron chi connectivity index (χ2n) is 6.13. The van der Waals surface area contributed by atoms with Crippen LogP contribution in [0.3, 0.4) is 0 Å². The fraction of sp³-hybridized carbons (Fsp3) is 0.929. The zero-order valence-corrected chi connectivity index (χ0v) is 11.1. The Balaban J connectivity index is 2.12. The molecule has 2 aliphatic rings. The lowest BCUT2D eigenvalue weighted by Gasteiger charge is -2.47. The molecule has 1 saturated heterocycles. The summed E-state index contributed by atoms with van der Waals surface area (Å²) in [5.74, 6) is 0.699. The van der Waals surface area contributed by atoms with Gasteiger partial charge in [-0.15, -0.1) is 0 Å². The van der Waals surface area contributed by atoms with Crippen LogP contribution < -0.4 is 0 Å². The summed E-state index contributed by atoms with van der Waals surface area (Å²) in [6.45, 7) is 5.31. The Morgan fingerprint density at radius 1 is 1.24 bits per heavy atom. The van der Waals surface area contributed by atoms with Crippen molar-refractivity contribution in [1.29, 1.82) is 0 Å². The van der Waals surface area contributed by atoms with E-state index in [0.717, 1.165) is 25.3 Å². The number of carboxylic acid groups (broad SMARTS) is 1. The van der Waals surface area contributed by atoms with Crippen molar-refractivity contribution in [2.75, 3.05) is 6.54 Å². The van der Waals surface area contributed by atoms with Gasteiger partial charge in [-0.25, -0.2) is 0 Å². The van der Waals surface area contributed by atoms with E-state index in [4.69, 9.17) is 0 Å². The van der Waals surface area contributed by atoms with E-state index in [-0.39, 0.29) is 6.04 Å². The van der Waals surface area contributed by atoms with Gasteiger partial charge in [-0.05, 0) is 37.5 Å². The number of aliphatic carboxylic acids is 1. The Bertz CT molecular complexity index is 277. The molecular weight excluding hydrogens is 214 g/mol. The molecule has 17 heavy (non-hydrogen) atoms. The lowest BCUT2D eigenvalue weighted by atomic mass is 9.76. The number of hydrogen-bond donors (Lipinski definition) is 1. The number of fused-ring (bicyclic) bond motifs is 1. The molecule has 1 aliphatic carbocycles. The third-order valence-corrected chi connectivity index (χ3v) is 4.37. The highest BCUT2D eigenvalue weighted by Crippen LogP contribution is 2.38. The van der Waals surface area contributed by atoms with Crippen LogP contribution in [0.4, 0.5) is 0 Å². The molecule has 0 aromatic heterocycles. The van der Waals surface area contributed by atoms with Crippen LogP contribution in [0, 0.1) is 11.8 Å². The minimum absolute atomic E-state index is 0.225. The van der Waals surface area contributed by atoms with Gasteiger partial charge in [0.1, 0.15) is 6.04 Å². The fourth-order valence-electron chi connectivity index (χ4n) is 3.68. The number of likely N-dealkylation sites (tertiary alicyclic amines) is 1. The molecule has 0 bridgehead atoms. The molecule has 3 unspecified atom stereocenters. The molecule has 2 fully saturated rings. The van der Waals surface area contributed by atoms with Crippen molar-refractivity contribution in [1.82, 2.24) is 4.90 Å². The van der Waals surface area contributed by atoms with Gasteiger partial charge in [0.25, 0.3) is 0 Å². The Morgan fingerprint density at radius 3 is 2.59 bits per heavy atom. The maximum absolute atomic E-state index is 11.4. The van der Waals surface area contributed by atoms with Crippen molar-refractivity contribution in [3.8, 4) is 0 Å². The third kappa shape index (κ3) is 2.82. The van der Waals surface area contributed by atoms with Gasteiger partial charge in [0.2, 0.25) is 0 Å². The second-order valence-corrected chi connectivity index (χ2v) is 6.13. The summed E-state index contributed by atoms with van der Waals surface area (Å²) >= 11 is 0. The number of carboxylic acids is 1. The minimum Gasteiger partial charge on any atom is -0.480 e. The van der Waals surface area contributed by atoms with E-state index in [1.165, 1.54) is 25.7 Å². The van der Waals surface area contributed by atoms with Crippen LogP contribution in [0.5, 0.6) is 0 Å². The first-order chi connectivity index (χ1) is 8.09. The fourth-order valence-corrected chi connectivity index (χ4v) is 3.68. The first-order valence-electron chi connectivity index (χ1n) is 7.08. The van der Waals surface area contributed by atoms with Gasteiger partial charge >= 0.3 is 5.97 Å². The van der Waals surface area contributed by atoms with E-state index in [0.29, 0.717) is 12.0 Å². The first kappa shape index (κ1) is 12.9. The minimum atomic E-state index is -0.616. The predicted octanol–water partition coefficient (Wildman–Crippen LogP) is 2.75. The van der Waals surface area contributed by atoms with Gasteiger partial charge in [-0.2, -0.15) is 0 Å². The highest BCUT2D eigenvalue weighted by Gasteiger charge is 2.41. The van der Waals surface area contributed by atoms with E-state index < -0.39 is 5.97 Å². The van der Waals surface area contributed by atoms with E-state index in [9.17, 15) is 9.90 Å². The smallest absolute Gasteiger partial charge is 0.320 e. The van der Waals surface area contributed by atoms with Crippen molar-refractivity contribution in [2.45, 2.75) is 64.5 Å². The lowest BCUT2D eigenvalue weighted by Crippen LogP contribution is -2.56. The van der Waals surface area contributed by atoms with Gasteiger partial charge in [0.15, 0.2) is 0 Å². The maximum atomic E-state index is 11.4. The van der Waals surface area contributed by atoms with Gasteiger partial charge in [-0.3, -0.25) is 9.69 Å². The zero-order chi connectivity index (χ0) is 12.4. The molecule has 98 valence electrons. The summed E-state index contributed by atoms with van der Waals surface area (Å²) in [6, 6.07) is 0.317. The molecule has 1 aliphatic heterocycles. The average molecular weight is 239 g/mol. The van der Waals surface area contributed by atoms with Crippen LogP contribution in [0.15, 0.2) is 0 Å². The second kappa shape index (κ2) is 5.38. The molecule has 0 aromatic rings. The largest absolute Gasteiger partial charge is 0.480 e. The maximum Gasteiger partial charge on any atom is 0.320 e. The molecule has 1 N–H and O–H groups in total. The molecular formula is C14H25NO2. The molecule has 0 amide bonds. The van der Waals surface area contributed by atoms with Gasteiger partial charge < -0.3 is 5.11 Å². The Kier molecular flexibility index (Phi) is 4.08. The van der Waals surface area contributed by atoms with Crippen LogP contribution in [0.25, 0.3) is 0 Å². The highest BCUT2D eigenvalue weighted by atomic mass is 16.4. The monoisotopic (exact) mass is 239 g/mol. The standard InChI is InChI=1S/C14H25NO2/c1-10(2)9-15-12-6-4-3-5-11(12)7-8-13(15)14(16)17/h10-13H,3-9H2,1-2H3,(H,16,17). The summed E-state index contributed by atoms with van der Waals surface area (Å²) in [5, 5.41) is 9.37. The topological polar surface area (TPSA) is 40.5 Å². The summed E-state index contributed by atoms with van der Waals surface area (Å²) in [4.78, 5) is 13.7. The molecule has 0 spiro atoms. The van der Waals surface area contributed by atoms with Crippen LogP contribution in [-0.4, -0.2) is 34.6 Å². The van der Waals surface area contributed by atoms with Crippen molar-refractivity contribution < 1.29 is 9.90 Å². The van der Waals surface area contributed by atoms with Gasteiger partial charge in [-0.1, -0.05) is 26.7 Å². The van der Waals surface area contributed by atoms with Crippen LogP contribution in [0.2, 0.25) is 0 Å². The summed E-state index contributed by atoms with van der Waals surface area (Å²) in [7, 11) is 0. The van der Waals surface area contributed by atoms with Crippen molar-refractivity contribution in [2.24, 2.45) is 11.8 Å². The summed E-state index contributed by atoms with van der Waals surface area (Å²) < 4.78 is 0. The molecule has 1 heterocycles.